The van der Waals surface area contributed by atoms with Gasteiger partial charge in [-0.1, -0.05) is 23.2 Å². The van der Waals surface area contributed by atoms with Crippen molar-refractivity contribution in [3.8, 4) is 5.82 Å². The molecule has 7 nitrogen and oxygen atoms in total. The van der Waals surface area contributed by atoms with Gasteiger partial charge in [-0.3, -0.25) is 9.59 Å². The molecule has 0 aliphatic heterocycles. The van der Waals surface area contributed by atoms with Gasteiger partial charge in [0.1, 0.15) is 5.69 Å². The summed E-state index contributed by atoms with van der Waals surface area (Å²) in [6.07, 6.45) is 3.77. The highest BCUT2D eigenvalue weighted by Crippen LogP contribution is 2.34. The summed E-state index contributed by atoms with van der Waals surface area (Å²) in [6, 6.07) is 8.19. The Morgan fingerprint density at radius 3 is 2.66 bits per heavy atom. The van der Waals surface area contributed by atoms with E-state index in [4.69, 9.17) is 23.2 Å². The molecule has 10 heteroatoms. The van der Waals surface area contributed by atoms with Gasteiger partial charge in [0, 0.05) is 21.7 Å². The number of hydrogen-bond acceptors (Lipinski definition) is 4. The van der Waals surface area contributed by atoms with E-state index >= 15 is 0 Å². The third-order valence-electron chi connectivity index (χ3n) is 5.23. The molecule has 1 aliphatic carbocycles. The van der Waals surface area contributed by atoms with Gasteiger partial charge in [-0.05, 0) is 78.9 Å². The molecule has 0 saturated heterocycles. The number of hydrogen-bond donors (Lipinski definition) is 2. The van der Waals surface area contributed by atoms with Crippen molar-refractivity contribution in [3.63, 3.8) is 0 Å². The first-order valence-electron chi connectivity index (χ1n) is 10.0. The number of nitrogens with zero attached hydrogens (tertiary/aromatic N) is 3. The van der Waals surface area contributed by atoms with Crippen molar-refractivity contribution in [2.24, 2.45) is 5.92 Å². The van der Waals surface area contributed by atoms with Crippen LogP contribution in [0.1, 0.15) is 46.3 Å². The molecule has 166 valence electrons. The number of pyridine rings is 1. The van der Waals surface area contributed by atoms with E-state index in [0.29, 0.717) is 37.6 Å². The molecular formula is C22H20BrCl2N5O2. The number of halogens is 3. The zero-order chi connectivity index (χ0) is 23.0. The molecule has 1 aromatic carbocycles. The molecule has 1 aliphatic rings. The minimum atomic E-state index is -0.473. The SMILES string of the molecule is Cc1cc(C(=O)Nc2c(Br)cc(Cl)cc2C(=O)NC(C)C2CC2)n(-c2ncccc2Cl)n1. The summed E-state index contributed by atoms with van der Waals surface area (Å²) >= 11 is 15.9. The van der Waals surface area contributed by atoms with Crippen LogP contribution in [0.5, 0.6) is 0 Å². The monoisotopic (exact) mass is 535 g/mol. The summed E-state index contributed by atoms with van der Waals surface area (Å²) in [5, 5.41) is 10.9. The highest BCUT2D eigenvalue weighted by molar-refractivity contribution is 9.10. The second kappa shape index (κ2) is 9.21. The zero-order valence-electron chi connectivity index (χ0n) is 17.3. The number of amides is 2. The van der Waals surface area contributed by atoms with Crippen molar-refractivity contribution < 1.29 is 9.59 Å². The normalized spacial score (nSPS) is 14.2. The number of carbonyl (C=O) groups is 2. The van der Waals surface area contributed by atoms with Crippen molar-refractivity contribution in [1.82, 2.24) is 20.1 Å². The quantitative estimate of drug-likeness (QED) is 0.440. The van der Waals surface area contributed by atoms with E-state index in [0.717, 1.165) is 12.8 Å². The number of carbonyl (C=O) groups excluding carboxylic acids is 2. The van der Waals surface area contributed by atoms with Crippen LogP contribution in [0.4, 0.5) is 5.69 Å². The van der Waals surface area contributed by atoms with Crippen LogP contribution in [-0.4, -0.2) is 32.6 Å². The van der Waals surface area contributed by atoms with Crippen molar-refractivity contribution >= 4 is 56.6 Å². The maximum atomic E-state index is 13.3. The fourth-order valence-corrected chi connectivity index (χ4v) is 4.52. The van der Waals surface area contributed by atoms with Crippen LogP contribution in [-0.2, 0) is 0 Å². The van der Waals surface area contributed by atoms with E-state index in [9.17, 15) is 9.59 Å². The van der Waals surface area contributed by atoms with E-state index in [2.05, 4.69) is 36.6 Å². The molecule has 3 aromatic rings. The summed E-state index contributed by atoms with van der Waals surface area (Å²) in [5.74, 6) is 0.0406. The molecule has 0 radical (unpaired) electrons. The van der Waals surface area contributed by atoms with E-state index in [1.165, 1.54) is 10.7 Å². The molecular weight excluding hydrogens is 517 g/mol. The predicted molar refractivity (Wildman–Crippen MR) is 128 cm³/mol. The van der Waals surface area contributed by atoms with E-state index in [-0.39, 0.29) is 23.2 Å². The lowest BCUT2D eigenvalue weighted by atomic mass is 10.1. The maximum Gasteiger partial charge on any atom is 0.274 e. The first kappa shape index (κ1) is 22.8. The lowest BCUT2D eigenvalue weighted by molar-refractivity contribution is 0.0936. The third-order valence-corrected chi connectivity index (χ3v) is 6.37. The van der Waals surface area contributed by atoms with Gasteiger partial charge in [-0.25, -0.2) is 9.67 Å². The molecule has 32 heavy (non-hydrogen) atoms. The molecule has 2 amide bonds. The van der Waals surface area contributed by atoms with Crippen LogP contribution in [0.25, 0.3) is 5.82 Å². The van der Waals surface area contributed by atoms with Crippen molar-refractivity contribution in [2.45, 2.75) is 32.7 Å². The Hall–Kier alpha value is -2.42. The van der Waals surface area contributed by atoms with Gasteiger partial charge in [0.2, 0.25) is 0 Å². The van der Waals surface area contributed by atoms with Gasteiger partial charge >= 0.3 is 0 Å². The topological polar surface area (TPSA) is 88.9 Å². The highest BCUT2D eigenvalue weighted by atomic mass is 79.9. The number of rotatable bonds is 6. The second-order valence-electron chi connectivity index (χ2n) is 7.76. The van der Waals surface area contributed by atoms with Crippen LogP contribution >= 0.6 is 39.1 Å². The Morgan fingerprint density at radius 2 is 1.97 bits per heavy atom. The smallest absolute Gasteiger partial charge is 0.274 e. The summed E-state index contributed by atoms with van der Waals surface area (Å²) in [4.78, 5) is 30.5. The van der Waals surface area contributed by atoms with Crippen LogP contribution in [0.3, 0.4) is 0 Å². The Kier molecular flexibility index (Phi) is 6.55. The van der Waals surface area contributed by atoms with Gasteiger partial charge in [-0.2, -0.15) is 5.10 Å². The lowest BCUT2D eigenvalue weighted by Crippen LogP contribution is -2.34. The number of aromatic nitrogens is 3. The van der Waals surface area contributed by atoms with Gasteiger partial charge < -0.3 is 10.6 Å². The van der Waals surface area contributed by atoms with Crippen LogP contribution < -0.4 is 10.6 Å². The Morgan fingerprint density at radius 1 is 1.22 bits per heavy atom. The van der Waals surface area contributed by atoms with Gasteiger partial charge in [0.25, 0.3) is 11.8 Å². The largest absolute Gasteiger partial charge is 0.349 e. The predicted octanol–water partition coefficient (Wildman–Crippen LogP) is 5.43. The molecule has 1 atom stereocenters. The number of benzene rings is 1. The van der Waals surface area contributed by atoms with Crippen molar-refractivity contribution in [3.05, 3.63) is 68.0 Å². The van der Waals surface area contributed by atoms with Gasteiger partial charge in [0.05, 0.1) is 22.0 Å². The molecule has 1 unspecified atom stereocenters. The molecule has 2 aromatic heterocycles. The average Bonchev–Trinajstić information content (AvgIpc) is 3.52. The summed E-state index contributed by atoms with van der Waals surface area (Å²) in [5.41, 5.74) is 1.42. The summed E-state index contributed by atoms with van der Waals surface area (Å²) in [6.45, 7) is 3.74. The molecule has 1 saturated carbocycles. The minimum Gasteiger partial charge on any atom is -0.349 e. The number of aryl methyl sites for hydroxylation is 1. The lowest BCUT2D eigenvalue weighted by Gasteiger charge is -2.17. The second-order valence-corrected chi connectivity index (χ2v) is 9.45. The number of anilines is 1. The Labute approximate surface area is 203 Å². The summed E-state index contributed by atoms with van der Waals surface area (Å²) in [7, 11) is 0. The van der Waals surface area contributed by atoms with Crippen molar-refractivity contribution in [2.75, 3.05) is 5.32 Å². The number of nitrogens with one attached hydrogen (secondary N) is 2. The van der Waals surface area contributed by atoms with E-state index in [1.807, 2.05) is 6.92 Å². The summed E-state index contributed by atoms with van der Waals surface area (Å²) < 4.78 is 1.87. The molecule has 1 fully saturated rings. The Bertz CT molecular complexity index is 1210. The van der Waals surface area contributed by atoms with E-state index < -0.39 is 5.91 Å². The molecule has 2 N–H and O–H groups in total. The van der Waals surface area contributed by atoms with Crippen LogP contribution in [0, 0.1) is 12.8 Å². The third kappa shape index (κ3) is 4.82. The first-order chi connectivity index (χ1) is 15.2. The molecule has 4 rings (SSSR count). The molecule has 0 bridgehead atoms. The standard InChI is InChI=1S/C22H20BrCl2N5O2/c1-11-8-18(30(29-11)20-17(25)4-3-7-26-20)22(32)28-19-15(9-14(24)10-16(19)23)21(31)27-12(2)13-5-6-13/h3-4,7-10,12-13H,5-6H2,1-2H3,(H,27,31)(H,28,32). The highest BCUT2D eigenvalue weighted by Gasteiger charge is 2.30. The minimum absolute atomic E-state index is 0.0409. The van der Waals surface area contributed by atoms with E-state index in [1.54, 1.807) is 37.4 Å². The van der Waals surface area contributed by atoms with Gasteiger partial charge in [-0.15, -0.1) is 0 Å². The zero-order valence-corrected chi connectivity index (χ0v) is 20.4. The average molecular weight is 537 g/mol. The maximum absolute atomic E-state index is 13.3. The molecule has 2 heterocycles. The van der Waals surface area contributed by atoms with Gasteiger partial charge in [0.15, 0.2) is 5.82 Å². The fourth-order valence-electron chi connectivity index (χ4n) is 3.41. The van der Waals surface area contributed by atoms with Crippen LogP contribution in [0.2, 0.25) is 10.0 Å². The van der Waals surface area contributed by atoms with Crippen molar-refractivity contribution in [1.29, 1.82) is 0 Å². The molecule has 0 spiro atoms. The first-order valence-corrected chi connectivity index (χ1v) is 11.6. The van der Waals surface area contributed by atoms with Crippen LogP contribution in [0.15, 0.2) is 41.0 Å². The fraction of sp³-hybridized carbons (Fsp3) is 0.273. The Balaban J connectivity index is 1.67.